The first kappa shape index (κ1) is 13.2. The zero-order valence-electron chi connectivity index (χ0n) is 11.0. The van der Waals surface area contributed by atoms with Gasteiger partial charge in [0.05, 0.1) is 11.7 Å². The molecule has 0 unspecified atom stereocenters. The molecule has 1 nitrogen and oxygen atoms in total. The van der Waals surface area contributed by atoms with Gasteiger partial charge in [-0.15, -0.1) is 6.58 Å². The minimum Gasteiger partial charge on any atom is -0.364 e. The van der Waals surface area contributed by atoms with Gasteiger partial charge in [0.25, 0.3) is 0 Å². The molecule has 0 bridgehead atoms. The minimum atomic E-state index is -0.115. The van der Waals surface area contributed by atoms with Crippen molar-refractivity contribution in [2.45, 2.75) is 58.7 Å². The average molecular weight is 220 g/mol. The molecule has 1 rings (SSSR count). The molecule has 0 spiro atoms. The van der Waals surface area contributed by atoms with E-state index >= 15 is 0 Å². The van der Waals surface area contributed by atoms with Crippen molar-refractivity contribution in [3.8, 4) is 0 Å². The van der Waals surface area contributed by atoms with Gasteiger partial charge >= 0.3 is 0 Å². The molecule has 0 N–H and O–H groups in total. The van der Waals surface area contributed by atoms with Crippen molar-refractivity contribution in [3.63, 3.8) is 0 Å². The van der Waals surface area contributed by atoms with E-state index in [4.69, 9.17) is 4.74 Å². The third-order valence-electron chi connectivity index (χ3n) is 3.22. The normalized spacial score (nSPS) is 30.2. The van der Waals surface area contributed by atoms with Gasteiger partial charge in [-0.2, -0.15) is 0 Å². The molecule has 16 heavy (non-hydrogen) atoms. The van der Waals surface area contributed by atoms with E-state index in [0.717, 1.165) is 19.3 Å². The second-order valence-electron chi connectivity index (χ2n) is 5.13. The molecular formula is C15H24O. The Labute approximate surface area is 99.9 Å². The molecule has 0 radical (unpaired) electrons. The molecule has 0 amide bonds. The van der Waals surface area contributed by atoms with Crippen LogP contribution in [0.5, 0.6) is 0 Å². The summed E-state index contributed by atoms with van der Waals surface area (Å²) in [6, 6.07) is 0. The van der Waals surface area contributed by atoms with Gasteiger partial charge in [0.1, 0.15) is 0 Å². The Morgan fingerprint density at radius 2 is 2.06 bits per heavy atom. The van der Waals surface area contributed by atoms with Crippen molar-refractivity contribution in [2.24, 2.45) is 0 Å². The van der Waals surface area contributed by atoms with Crippen LogP contribution in [0.1, 0.15) is 47.0 Å². The molecule has 90 valence electrons. The van der Waals surface area contributed by atoms with Crippen LogP contribution in [0.15, 0.2) is 36.0 Å². The Balaban J connectivity index is 2.53. The highest BCUT2D eigenvalue weighted by atomic mass is 16.5. The fraction of sp³-hybridized carbons (Fsp3) is 0.600. The number of rotatable bonds is 4. The quantitative estimate of drug-likeness (QED) is 0.637. The van der Waals surface area contributed by atoms with Crippen LogP contribution >= 0.6 is 0 Å². The van der Waals surface area contributed by atoms with Crippen LogP contribution in [0.25, 0.3) is 0 Å². The van der Waals surface area contributed by atoms with E-state index in [1.54, 1.807) is 0 Å². The number of ether oxygens (including phenoxy) is 1. The Morgan fingerprint density at radius 1 is 1.38 bits per heavy atom. The van der Waals surface area contributed by atoms with Gasteiger partial charge < -0.3 is 4.74 Å². The highest BCUT2D eigenvalue weighted by Crippen LogP contribution is 2.34. The Morgan fingerprint density at radius 3 is 2.56 bits per heavy atom. The molecule has 1 saturated heterocycles. The molecular weight excluding hydrogens is 196 g/mol. The maximum Gasteiger partial charge on any atom is 0.0841 e. The van der Waals surface area contributed by atoms with E-state index in [1.165, 1.54) is 11.1 Å². The lowest BCUT2D eigenvalue weighted by molar-refractivity contribution is 0.0221. The smallest absolute Gasteiger partial charge is 0.0841 e. The van der Waals surface area contributed by atoms with Gasteiger partial charge in [-0.25, -0.2) is 0 Å². The van der Waals surface area contributed by atoms with Gasteiger partial charge in [-0.1, -0.05) is 23.8 Å². The van der Waals surface area contributed by atoms with Crippen LogP contribution in [0.4, 0.5) is 0 Å². The largest absolute Gasteiger partial charge is 0.364 e. The molecule has 0 aromatic carbocycles. The highest BCUT2D eigenvalue weighted by molar-refractivity contribution is 5.13. The molecule has 0 aromatic heterocycles. The molecule has 0 saturated carbocycles. The number of allylic oxidation sites excluding steroid dienone is 3. The van der Waals surface area contributed by atoms with Crippen molar-refractivity contribution < 1.29 is 4.74 Å². The monoisotopic (exact) mass is 220 g/mol. The maximum atomic E-state index is 6.01. The van der Waals surface area contributed by atoms with E-state index in [-0.39, 0.29) is 11.7 Å². The third-order valence-corrected chi connectivity index (χ3v) is 3.22. The average Bonchev–Trinajstić information content (AvgIpc) is 2.61. The second kappa shape index (κ2) is 5.49. The lowest BCUT2D eigenvalue weighted by Crippen LogP contribution is -2.21. The maximum absolute atomic E-state index is 6.01. The number of hydrogen-bond donors (Lipinski definition) is 0. The third kappa shape index (κ3) is 3.64. The molecule has 1 fully saturated rings. The summed E-state index contributed by atoms with van der Waals surface area (Å²) in [4.78, 5) is 0. The summed E-state index contributed by atoms with van der Waals surface area (Å²) in [5, 5.41) is 0. The van der Waals surface area contributed by atoms with Crippen molar-refractivity contribution in [1.82, 2.24) is 0 Å². The van der Waals surface area contributed by atoms with Gasteiger partial charge in [0.2, 0.25) is 0 Å². The van der Waals surface area contributed by atoms with Crippen molar-refractivity contribution in [1.29, 1.82) is 0 Å². The van der Waals surface area contributed by atoms with Gasteiger partial charge in [0.15, 0.2) is 0 Å². The van der Waals surface area contributed by atoms with E-state index < -0.39 is 0 Å². The lowest BCUT2D eigenvalue weighted by atomic mass is 10.0. The zero-order chi connectivity index (χ0) is 12.2. The van der Waals surface area contributed by atoms with Gasteiger partial charge in [-0.05, 0) is 52.5 Å². The highest BCUT2D eigenvalue weighted by Gasteiger charge is 2.33. The summed E-state index contributed by atoms with van der Waals surface area (Å²) >= 11 is 0. The summed E-state index contributed by atoms with van der Waals surface area (Å²) in [7, 11) is 0. The summed E-state index contributed by atoms with van der Waals surface area (Å²) in [6.07, 6.45) is 9.93. The predicted molar refractivity (Wildman–Crippen MR) is 70.5 cm³/mol. The number of hydrogen-bond acceptors (Lipinski definition) is 1. The summed E-state index contributed by atoms with van der Waals surface area (Å²) in [5.41, 5.74) is 2.60. The summed E-state index contributed by atoms with van der Waals surface area (Å²) < 4.78 is 6.01. The van der Waals surface area contributed by atoms with E-state index in [2.05, 4.69) is 46.4 Å². The van der Waals surface area contributed by atoms with Crippen LogP contribution in [-0.2, 0) is 4.74 Å². The van der Waals surface area contributed by atoms with Crippen molar-refractivity contribution >= 4 is 0 Å². The molecule has 1 heteroatoms. The second-order valence-corrected chi connectivity index (χ2v) is 5.13. The molecule has 2 atom stereocenters. The predicted octanol–water partition coefficient (Wildman–Crippen LogP) is 4.41. The summed E-state index contributed by atoms with van der Waals surface area (Å²) in [5.74, 6) is 0. The Bertz CT molecular complexity index is 307. The van der Waals surface area contributed by atoms with Crippen molar-refractivity contribution in [2.75, 3.05) is 0 Å². The fourth-order valence-electron chi connectivity index (χ4n) is 1.94. The van der Waals surface area contributed by atoms with E-state index in [9.17, 15) is 0 Å². The van der Waals surface area contributed by atoms with Crippen LogP contribution in [0.3, 0.4) is 0 Å². The zero-order valence-corrected chi connectivity index (χ0v) is 11.0. The van der Waals surface area contributed by atoms with Crippen LogP contribution < -0.4 is 0 Å². The Hall–Kier alpha value is -0.820. The molecule has 0 aliphatic carbocycles. The molecule has 1 heterocycles. The molecule has 1 aliphatic rings. The standard InChI is InChI=1S/C15H24O/c1-6-15(5)11-10-14(16-15)13(4)9-7-8-12(2)3/h6,8-9,14H,1,7,10-11H2,2-5H3/b13-9+/t14-,15+/m0/s1. The first-order valence-corrected chi connectivity index (χ1v) is 6.08. The van der Waals surface area contributed by atoms with E-state index in [0.29, 0.717) is 0 Å². The minimum absolute atomic E-state index is 0.115. The first-order chi connectivity index (χ1) is 7.47. The Kier molecular flexibility index (Phi) is 4.55. The van der Waals surface area contributed by atoms with Crippen LogP contribution in [-0.4, -0.2) is 11.7 Å². The van der Waals surface area contributed by atoms with Gasteiger partial charge in [-0.3, -0.25) is 0 Å². The first-order valence-electron chi connectivity index (χ1n) is 6.08. The fourth-order valence-corrected chi connectivity index (χ4v) is 1.94. The van der Waals surface area contributed by atoms with E-state index in [1.807, 2.05) is 6.08 Å². The topological polar surface area (TPSA) is 9.23 Å². The molecule has 0 aromatic rings. The van der Waals surface area contributed by atoms with Crippen molar-refractivity contribution in [3.05, 3.63) is 36.0 Å². The molecule has 1 aliphatic heterocycles. The summed E-state index contributed by atoms with van der Waals surface area (Å²) in [6.45, 7) is 12.4. The van der Waals surface area contributed by atoms with Crippen LogP contribution in [0.2, 0.25) is 0 Å². The SMILES string of the molecule is C=C[C@]1(C)CC[C@@H](/C(C)=C/CC=C(C)C)O1. The van der Waals surface area contributed by atoms with Gasteiger partial charge in [0, 0.05) is 0 Å². The lowest BCUT2D eigenvalue weighted by Gasteiger charge is -2.20. The van der Waals surface area contributed by atoms with Crippen LogP contribution in [0, 0.1) is 0 Å².